The largest absolute Gasteiger partial charge is 0.493 e. The van der Waals surface area contributed by atoms with Crippen LogP contribution >= 0.6 is 0 Å². The molecule has 5 fully saturated rings. The van der Waals surface area contributed by atoms with Crippen LogP contribution in [0.4, 0.5) is 0 Å². The predicted molar refractivity (Wildman–Crippen MR) is 130 cm³/mol. The van der Waals surface area contributed by atoms with Crippen LogP contribution in [0.5, 0.6) is 11.5 Å². The van der Waals surface area contributed by atoms with E-state index in [0.29, 0.717) is 11.5 Å². The van der Waals surface area contributed by atoms with Crippen molar-refractivity contribution >= 4 is 5.71 Å². The summed E-state index contributed by atoms with van der Waals surface area (Å²) in [4.78, 5) is 8.71. The molecule has 0 N–H and O–H groups in total. The summed E-state index contributed by atoms with van der Waals surface area (Å²) < 4.78 is 11.1. The van der Waals surface area contributed by atoms with Crippen molar-refractivity contribution in [3.63, 3.8) is 0 Å². The molecule has 0 amide bonds. The van der Waals surface area contributed by atoms with Gasteiger partial charge in [0.1, 0.15) is 6.61 Å². The molecule has 3 bridgehead atoms. The van der Waals surface area contributed by atoms with Gasteiger partial charge < -0.3 is 19.2 Å². The van der Waals surface area contributed by atoms with Crippen molar-refractivity contribution in [1.29, 1.82) is 0 Å². The molecule has 180 valence electrons. The van der Waals surface area contributed by atoms with Gasteiger partial charge in [-0.3, -0.25) is 0 Å². The second kappa shape index (κ2) is 8.18. The molecular weight excluding hydrogens is 412 g/mol. The lowest BCUT2D eigenvalue weighted by molar-refractivity contribution is -0.0230. The van der Waals surface area contributed by atoms with Crippen LogP contribution in [0.25, 0.3) is 0 Å². The lowest BCUT2D eigenvalue weighted by Crippen LogP contribution is -2.46. The van der Waals surface area contributed by atoms with Crippen molar-refractivity contribution in [2.45, 2.75) is 75.7 Å². The van der Waals surface area contributed by atoms with E-state index in [-0.39, 0.29) is 5.41 Å². The van der Waals surface area contributed by atoms with Crippen LogP contribution in [0.2, 0.25) is 0 Å². The van der Waals surface area contributed by atoms with Crippen LogP contribution < -0.4 is 9.47 Å². The van der Waals surface area contributed by atoms with Crippen molar-refractivity contribution in [2.75, 3.05) is 34.4 Å². The number of hydrogen-bond donors (Lipinski definition) is 0. The third-order valence-electron chi connectivity index (χ3n) is 10.3. The number of likely N-dealkylation sites (N-methyl/N-ethyl adjacent to an activating group) is 1. The van der Waals surface area contributed by atoms with Crippen molar-refractivity contribution in [3.8, 4) is 11.5 Å². The maximum atomic E-state index is 6.18. The summed E-state index contributed by atoms with van der Waals surface area (Å²) in [5.41, 5.74) is 3.22. The van der Waals surface area contributed by atoms with Gasteiger partial charge in [0.25, 0.3) is 0 Å². The highest BCUT2D eigenvalue weighted by molar-refractivity contribution is 5.86. The van der Waals surface area contributed by atoms with E-state index in [9.17, 15) is 0 Å². The second-order valence-electron chi connectivity index (χ2n) is 11.9. The molecule has 0 radical (unpaired) electrons. The van der Waals surface area contributed by atoms with Crippen LogP contribution in [0, 0.1) is 23.2 Å². The first-order valence-corrected chi connectivity index (χ1v) is 13.1. The first kappa shape index (κ1) is 21.8. The van der Waals surface area contributed by atoms with Crippen LogP contribution in [0.3, 0.4) is 0 Å². The first-order valence-electron chi connectivity index (χ1n) is 13.1. The number of ether oxygens (including phenoxy) is 2. The van der Waals surface area contributed by atoms with Crippen LogP contribution in [-0.4, -0.2) is 51.1 Å². The van der Waals surface area contributed by atoms with E-state index in [1.807, 2.05) is 0 Å². The summed E-state index contributed by atoms with van der Waals surface area (Å²) >= 11 is 0. The van der Waals surface area contributed by atoms with Crippen molar-refractivity contribution in [3.05, 3.63) is 23.8 Å². The third kappa shape index (κ3) is 3.57. The highest BCUT2D eigenvalue weighted by Gasteiger charge is 2.52. The molecule has 5 heteroatoms. The number of oxime groups is 1. The van der Waals surface area contributed by atoms with Crippen LogP contribution in [0.15, 0.2) is 23.4 Å². The molecule has 4 aliphatic carbocycles. The number of hydrogen-bond acceptors (Lipinski definition) is 5. The van der Waals surface area contributed by atoms with Gasteiger partial charge >= 0.3 is 0 Å². The van der Waals surface area contributed by atoms with E-state index >= 15 is 0 Å². The molecule has 1 aromatic carbocycles. The molecule has 4 saturated carbocycles. The van der Waals surface area contributed by atoms with Gasteiger partial charge in [-0.2, -0.15) is 0 Å². The Morgan fingerprint density at radius 2 is 1.88 bits per heavy atom. The fourth-order valence-electron chi connectivity index (χ4n) is 8.67. The quantitative estimate of drug-likeness (QED) is 0.541. The number of rotatable bonds is 6. The summed E-state index contributed by atoms with van der Waals surface area (Å²) in [7, 11) is 5.70. The zero-order valence-corrected chi connectivity index (χ0v) is 20.6. The maximum Gasteiger partial charge on any atom is 0.161 e. The van der Waals surface area contributed by atoms with E-state index in [0.717, 1.165) is 61.7 Å². The Bertz CT molecular complexity index is 928. The Balaban J connectivity index is 1.16. The van der Waals surface area contributed by atoms with Gasteiger partial charge in [-0.25, -0.2) is 0 Å². The van der Waals surface area contributed by atoms with Gasteiger partial charge in [-0.15, -0.1) is 0 Å². The number of nitrogens with zero attached hydrogens (tertiary/aromatic N) is 2. The van der Waals surface area contributed by atoms with Gasteiger partial charge in [-0.05, 0) is 107 Å². The Hall–Kier alpha value is -1.75. The van der Waals surface area contributed by atoms with Gasteiger partial charge in [0.15, 0.2) is 11.5 Å². The van der Waals surface area contributed by atoms with Crippen LogP contribution in [0.1, 0.15) is 69.8 Å². The standard InChI is InChI=1S/C28H40N2O3/c1-30-11-10-28(22-4-5-24(31-2)25(14-22)32-3)9-7-23(15-26(28)30)29-33-18-27-8-6-20-12-19(16-27)13-21(20)17-27/h4-5,14,19-21,26H,6-13,15-18H2,1-3H3/b29-23+/t19?,20?,21?,26-,27?,28-/m0/s1. The normalized spacial score (nSPS) is 40.8. The number of methoxy groups -OCH3 is 2. The minimum absolute atomic E-state index is 0.160. The molecule has 5 nitrogen and oxygen atoms in total. The lowest BCUT2D eigenvalue weighted by atomic mass is 9.62. The summed E-state index contributed by atoms with van der Waals surface area (Å²) in [5.74, 6) is 4.61. The zero-order chi connectivity index (χ0) is 22.6. The lowest BCUT2D eigenvalue weighted by Gasteiger charge is -2.44. The van der Waals surface area contributed by atoms with Gasteiger partial charge in [0, 0.05) is 23.3 Å². The van der Waals surface area contributed by atoms with E-state index in [1.165, 1.54) is 56.2 Å². The number of fused-ring (bicyclic) bond motifs is 3. The summed E-state index contributed by atoms with van der Waals surface area (Å²) in [6.45, 7) is 1.97. The minimum Gasteiger partial charge on any atom is -0.493 e. The summed E-state index contributed by atoms with van der Waals surface area (Å²) in [6.07, 6.45) is 12.9. The van der Waals surface area contributed by atoms with Gasteiger partial charge in [0.05, 0.1) is 19.9 Å². The van der Waals surface area contributed by atoms with Crippen molar-refractivity contribution in [1.82, 2.24) is 4.90 Å². The molecule has 1 heterocycles. The fraction of sp³-hybridized carbons (Fsp3) is 0.750. The molecule has 33 heavy (non-hydrogen) atoms. The molecule has 1 aliphatic heterocycles. The van der Waals surface area contributed by atoms with E-state index in [2.05, 4.69) is 30.1 Å². The van der Waals surface area contributed by atoms with Gasteiger partial charge in [-0.1, -0.05) is 11.2 Å². The summed E-state index contributed by atoms with van der Waals surface area (Å²) in [6, 6.07) is 6.98. The fourth-order valence-corrected chi connectivity index (χ4v) is 8.67. The third-order valence-corrected chi connectivity index (χ3v) is 10.3. The molecule has 5 aliphatic rings. The zero-order valence-electron chi connectivity index (χ0n) is 20.6. The average Bonchev–Trinajstić information content (AvgIpc) is 3.28. The van der Waals surface area contributed by atoms with E-state index in [1.54, 1.807) is 14.2 Å². The van der Waals surface area contributed by atoms with E-state index in [4.69, 9.17) is 19.5 Å². The molecule has 6 atom stereocenters. The molecule has 0 spiro atoms. The monoisotopic (exact) mass is 452 g/mol. The van der Waals surface area contributed by atoms with Crippen molar-refractivity contribution < 1.29 is 14.3 Å². The Morgan fingerprint density at radius 3 is 2.73 bits per heavy atom. The highest BCUT2D eigenvalue weighted by Crippen LogP contribution is 2.60. The van der Waals surface area contributed by atoms with E-state index < -0.39 is 0 Å². The Morgan fingerprint density at radius 1 is 1.03 bits per heavy atom. The molecular formula is C28H40N2O3. The topological polar surface area (TPSA) is 43.3 Å². The summed E-state index contributed by atoms with van der Waals surface area (Å²) in [5, 5.41) is 4.78. The smallest absolute Gasteiger partial charge is 0.161 e. The Kier molecular flexibility index (Phi) is 5.39. The van der Waals surface area contributed by atoms with Gasteiger partial charge in [0.2, 0.25) is 0 Å². The minimum atomic E-state index is 0.160. The second-order valence-corrected chi connectivity index (χ2v) is 11.9. The Labute approximate surface area is 198 Å². The first-order chi connectivity index (χ1) is 16.0. The SMILES string of the molecule is COc1ccc([C@@]23CC/C(=N\OCC45CCC6CC(CC6C4)C5)C[C@@H]2N(C)CC3)cc1OC. The predicted octanol–water partition coefficient (Wildman–Crippen LogP) is 5.42. The molecule has 4 unspecified atom stereocenters. The molecule has 0 aromatic heterocycles. The number of likely N-dealkylation sites (tertiary alicyclic amines) is 1. The van der Waals surface area contributed by atoms with Crippen molar-refractivity contribution in [2.24, 2.45) is 28.3 Å². The number of benzene rings is 1. The molecule has 1 aromatic rings. The molecule has 6 rings (SSSR count). The maximum absolute atomic E-state index is 6.18. The average molecular weight is 453 g/mol. The molecule has 1 saturated heterocycles. The van der Waals surface area contributed by atoms with Crippen LogP contribution in [-0.2, 0) is 10.3 Å². The highest BCUT2D eigenvalue weighted by atomic mass is 16.6.